The monoisotopic (exact) mass is 323 g/mol. The summed E-state index contributed by atoms with van der Waals surface area (Å²) in [5.41, 5.74) is 1.03. The molecule has 1 atom stereocenters. The molecule has 0 spiro atoms. The van der Waals surface area contributed by atoms with Crippen LogP contribution >= 0.6 is 11.6 Å². The molecule has 1 rings (SSSR count). The second-order valence-corrected chi connectivity index (χ2v) is 6.89. The van der Waals surface area contributed by atoms with Gasteiger partial charge < -0.3 is 5.32 Å². The molecule has 1 N–H and O–H groups in total. The number of halogens is 1. The van der Waals surface area contributed by atoms with E-state index in [1.165, 1.54) is 0 Å². The van der Waals surface area contributed by atoms with Crippen molar-refractivity contribution in [2.24, 2.45) is 11.8 Å². The lowest BCUT2D eigenvalue weighted by atomic mass is 9.95. The number of carbonyl (C=O) groups is 2. The van der Waals surface area contributed by atoms with Crippen LogP contribution in [0.2, 0.25) is 5.02 Å². The van der Waals surface area contributed by atoms with Crippen molar-refractivity contribution >= 4 is 23.2 Å². The zero-order valence-electron chi connectivity index (χ0n) is 13.9. The van der Waals surface area contributed by atoms with E-state index >= 15 is 0 Å². The number of nitrogens with one attached hydrogen (secondary N) is 1. The van der Waals surface area contributed by atoms with E-state index in [1.807, 2.05) is 52.0 Å². The minimum Gasteiger partial charge on any atom is -0.300 e. The van der Waals surface area contributed by atoms with E-state index in [2.05, 4.69) is 5.32 Å². The van der Waals surface area contributed by atoms with Gasteiger partial charge in [0.15, 0.2) is 5.78 Å². The van der Waals surface area contributed by atoms with Gasteiger partial charge in [0.1, 0.15) is 5.78 Å². The number of hydrogen-bond acceptors (Lipinski definition) is 3. The number of carbonyl (C=O) groups excluding carboxylic acids is 2. The summed E-state index contributed by atoms with van der Waals surface area (Å²) < 4.78 is 0. The van der Waals surface area contributed by atoms with Gasteiger partial charge in [-0.2, -0.15) is 0 Å². The Balaban J connectivity index is 2.70. The van der Waals surface area contributed by atoms with Crippen LogP contribution in [-0.2, 0) is 16.0 Å². The van der Waals surface area contributed by atoms with Crippen molar-refractivity contribution in [3.63, 3.8) is 0 Å². The Morgan fingerprint density at radius 2 is 1.68 bits per heavy atom. The molecule has 22 heavy (non-hydrogen) atoms. The summed E-state index contributed by atoms with van der Waals surface area (Å²) in [5, 5.41) is 3.81. The van der Waals surface area contributed by atoms with Crippen LogP contribution in [0, 0.1) is 11.8 Å². The van der Waals surface area contributed by atoms with Gasteiger partial charge in [-0.1, -0.05) is 51.4 Å². The third-order valence-corrected chi connectivity index (χ3v) is 3.70. The zero-order chi connectivity index (χ0) is 16.7. The summed E-state index contributed by atoms with van der Waals surface area (Å²) in [6.45, 7) is 8.04. The molecular formula is C18H26ClNO2. The lowest BCUT2D eigenvalue weighted by Crippen LogP contribution is -2.43. The van der Waals surface area contributed by atoms with Crippen molar-refractivity contribution in [3.05, 3.63) is 34.9 Å². The smallest absolute Gasteiger partial charge is 0.152 e. The van der Waals surface area contributed by atoms with Gasteiger partial charge in [-0.25, -0.2) is 0 Å². The number of Topliss-reactive ketones (excluding diaryl/α,β-unsaturated/α-hetero) is 2. The third-order valence-electron chi connectivity index (χ3n) is 3.45. The summed E-state index contributed by atoms with van der Waals surface area (Å²) in [4.78, 5) is 24.2. The third kappa shape index (κ3) is 6.71. The molecule has 0 fully saturated rings. The maximum atomic E-state index is 12.3. The molecule has 0 saturated carbocycles. The number of benzene rings is 1. The summed E-state index contributed by atoms with van der Waals surface area (Å²) in [6, 6.07) is 7.13. The highest BCUT2D eigenvalue weighted by Gasteiger charge is 2.22. The molecule has 0 aliphatic rings. The van der Waals surface area contributed by atoms with Gasteiger partial charge in [-0.3, -0.25) is 9.59 Å². The van der Waals surface area contributed by atoms with Crippen LogP contribution < -0.4 is 5.32 Å². The van der Waals surface area contributed by atoms with Gasteiger partial charge in [0.2, 0.25) is 0 Å². The average Bonchev–Trinajstić information content (AvgIpc) is 2.43. The summed E-state index contributed by atoms with van der Waals surface area (Å²) in [5.74, 6) is 0.551. The Bertz CT molecular complexity index is 494. The number of hydrogen-bond donors (Lipinski definition) is 1. The highest BCUT2D eigenvalue weighted by Crippen LogP contribution is 2.13. The van der Waals surface area contributed by atoms with Crippen LogP contribution in [0.3, 0.4) is 0 Å². The first-order valence-corrected chi connectivity index (χ1v) is 8.20. The molecule has 0 saturated heterocycles. The predicted molar refractivity (Wildman–Crippen MR) is 91.3 cm³/mol. The van der Waals surface area contributed by atoms with E-state index in [0.29, 0.717) is 23.8 Å². The Kier molecular flexibility index (Phi) is 7.77. The van der Waals surface area contributed by atoms with Gasteiger partial charge in [-0.15, -0.1) is 0 Å². The van der Waals surface area contributed by atoms with Crippen LogP contribution in [0.5, 0.6) is 0 Å². The van der Waals surface area contributed by atoms with Crippen molar-refractivity contribution in [2.45, 2.75) is 46.6 Å². The average molecular weight is 324 g/mol. The molecule has 0 bridgehead atoms. The fourth-order valence-corrected chi connectivity index (χ4v) is 2.42. The Hall–Kier alpha value is -1.19. The second-order valence-electron chi connectivity index (χ2n) is 6.46. The van der Waals surface area contributed by atoms with Crippen LogP contribution in [0.15, 0.2) is 24.3 Å². The van der Waals surface area contributed by atoms with Crippen molar-refractivity contribution in [1.82, 2.24) is 5.32 Å². The number of ketones is 2. The molecule has 0 unspecified atom stereocenters. The molecule has 0 aliphatic carbocycles. The molecule has 3 nitrogen and oxygen atoms in total. The van der Waals surface area contributed by atoms with Crippen molar-refractivity contribution < 1.29 is 9.59 Å². The summed E-state index contributed by atoms with van der Waals surface area (Å²) in [6.07, 6.45) is 1.11. The molecule has 0 radical (unpaired) electrons. The molecule has 122 valence electrons. The molecule has 0 heterocycles. The first-order valence-electron chi connectivity index (χ1n) is 7.82. The van der Waals surface area contributed by atoms with Gasteiger partial charge in [0.25, 0.3) is 0 Å². The SMILES string of the molecule is CC(C)CC(=O)CN[C@H](Cc1ccc(Cl)cc1)C(=O)C(C)C. The van der Waals surface area contributed by atoms with E-state index in [1.54, 1.807) is 0 Å². The lowest BCUT2D eigenvalue weighted by molar-refractivity contribution is -0.124. The quantitative estimate of drug-likeness (QED) is 0.754. The van der Waals surface area contributed by atoms with Crippen LogP contribution in [0.1, 0.15) is 39.7 Å². The largest absolute Gasteiger partial charge is 0.300 e. The van der Waals surface area contributed by atoms with Gasteiger partial charge in [0, 0.05) is 17.4 Å². The topological polar surface area (TPSA) is 46.2 Å². The minimum atomic E-state index is -0.336. The van der Waals surface area contributed by atoms with Crippen molar-refractivity contribution in [1.29, 1.82) is 0 Å². The first-order chi connectivity index (χ1) is 10.3. The Labute approximate surface area is 138 Å². The van der Waals surface area contributed by atoms with E-state index in [4.69, 9.17) is 11.6 Å². The van der Waals surface area contributed by atoms with Crippen LogP contribution in [0.4, 0.5) is 0 Å². The highest BCUT2D eigenvalue weighted by atomic mass is 35.5. The molecule has 4 heteroatoms. The second kappa shape index (κ2) is 9.06. The Morgan fingerprint density at radius 3 is 2.18 bits per heavy atom. The van der Waals surface area contributed by atoms with Crippen molar-refractivity contribution in [2.75, 3.05) is 6.54 Å². The zero-order valence-corrected chi connectivity index (χ0v) is 14.6. The van der Waals surface area contributed by atoms with E-state index in [0.717, 1.165) is 5.56 Å². The highest BCUT2D eigenvalue weighted by molar-refractivity contribution is 6.30. The number of rotatable bonds is 9. The molecule has 1 aromatic rings. The molecular weight excluding hydrogens is 298 g/mol. The van der Waals surface area contributed by atoms with Gasteiger partial charge in [-0.05, 0) is 30.0 Å². The van der Waals surface area contributed by atoms with Crippen molar-refractivity contribution in [3.8, 4) is 0 Å². The maximum Gasteiger partial charge on any atom is 0.152 e. The first kappa shape index (κ1) is 18.9. The molecule has 1 aromatic carbocycles. The summed E-state index contributed by atoms with van der Waals surface area (Å²) in [7, 11) is 0. The van der Waals surface area contributed by atoms with E-state index in [-0.39, 0.29) is 30.1 Å². The lowest BCUT2D eigenvalue weighted by Gasteiger charge is -2.20. The molecule has 0 aromatic heterocycles. The molecule has 0 amide bonds. The fraction of sp³-hybridized carbons (Fsp3) is 0.556. The normalized spacial score (nSPS) is 12.7. The molecule has 0 aliphatic heterocycles. The van der Waals surface area contributed by atoms with Gasteiger partial charge in [0.05, 0.1) is 12.6 Å². The maximum absolute atomic E-state index is 12.3. The fourth-order valence-electron chi connectivity index (χ4n) is 2.30. The van der Waals surface area contributed by atoms with E-state index in [9.17, 15) is 9.59 Å². The summed E-state index contributed by atoms with van der Waals surface area (Å²) >= 11 is 5.89. The Morgan fingerprint density at radius 1 is 1.09 bits per heavy atom. The standard InChI is InChI=1S/C18H26ClNO2/c1-12(2)9-16(21)11-20-17(18(22)13(3)4)10-14-5-7-15(19)8-6-14/h5-8,12-13,17,20H,9-11H2,1-4H3/t17-/m1/s1. The van der Waals surface area contributed by atoms with Crippen LogP contribution in [-0.4, -0.2) is 24.2 Å². The van der Waals surface area contributed by atoms with E-state index < -0.39 is 0 Å². The van der Waals surface area contributed by atoms with Crippen LogP contribution in [0.25, 0.3) is 0 Å². The van der Waals surface area contributed by atoms with Gasteiger partial charge >= 0.3 is 0 Å². The predicted octanol–water partition coefficient (Wildman–Crippen LogP) is 3.68. The minimum absolute atomic E-state index is 0.0648.